The van der Waals surface area contributed by atoms with Crippen molar-refractivity contribution in [2.75, 3.05) is 6.61 Å². The lowest BCUT2D eigenvalue weighted by Gasteiger charge is -2.42. The quantitative estimate of drug-likeness (QED) is 0.610. The Kier molecular flexibility index (Phi) is 5.85. The molecule has 0 aliphatic carbocycles. The van der Waals surface area contributed by atoms with Crippen LogP contribution >= 0.6 is 0 Å². The Balaban J connectivity index is 1.74. The van der Waals surface area contributed by atoms with Crippen LogP contribution in [0, 0.1) is 0 Å². The van der Waals surface area contributed by atoms with Crippen molar-refractivity contribution in [1.29, 1.82) is 0 Å². The molecule has 0 spiro atoms. The summed E-state index contributed by atoms with van der Waals surface area (Å²) in [4.78, 5) is 11.4. The fourth-order valence-corrected chi connectivity index (χ4v) is 3.12. The van der Waals surface area contributed by atoms with E-state index in [1.54, 1.807) is 0 Å². The summed E-state index contributed by atoms with van der Waals surface area (Å²) in [7, 11) is 0. The molecule has 2 aromatic carbocycles. The number of amides is 1. The average Bonchev–Trinajstić information content (AvgIpc) is 2.64. The molecule has 26 heavy (non-hydrogen) atoms. The summed E-state index contributed by atoms with van der Waals surface area (Å²) in [5.74, 6) is -0.383. The van der Waals surface area contributed by atoms with Crippen LogP contribution in [0.4, 0.5) is 0 Å². The van der Waals surface area contributed by atoms with Crippen LogP contribution in [0.3, 0.4) is 0 Å². The van der Waals surface area contributed by atoms with Crippen LogP contribution in [0.25, 0.3) is 10.8 Å². The van der Waals surface area contributed by atoms with Gasteiger partial charge in [0, 0.05) is 6.92 Å². The smallest absolute Gasteiger partial charge is 0.217 e. The van der Waals surface area contributed by atoms with E-state index < -0.39 is 37.3 Å². The molecule has 140 valence electrons. The molecule has 0 saturated carbocycles. The number of hydrogen-bond donors (Lipinski definition) is 4. The van der Waals surface area contributed by atoms with E-state index >= 15 is 0 Å². The zero-order valence-electron chi connectivity index (χ0n) is 14.4. The number of benzene rings is 2. The van der Waals surface area contributed by atoms with Gasteiger partial charge in [0.25, 0.3) is 0 Å². The largest absolute Gasteiger partial charge is 0.394 e. The standard InChI is InChI=1S/C19H23NO6/c1-11(22)20-16-18(24)17(23)15(9-21)26-19(16)25-10-12-6-7-13-4-2-3-5-14(13)8-12/h2-8,15-19,21,23-24H,9-10H2,1H3,(H,20,22)/t15-,16+,17+,18+,19-/m0/s1. The van der Waals surface area contributed by atoms with E-state index in [2.05, 4.69) is 5.32 Å². The number of aliphatic hydroxyl groups excluding tert-OH is 3. The third kappa shape index (κ3) is 4.03. The lowest BCUT2D eigenvalue weighted by atomic mass is 9.97. The molecular weight excluding hydrogens is 338 g/mol. The molecule has 1 saturated heterocycles. The number of rotatable bonds is 5. The predicted molar refractivity (Wildman–Crippen MR) is 94.1 cm³/mol. The molecule has 1 heterocycles. The zero-order valence-corrected chi connectivity index (χ0v) is 14.4. The first-order valence-corrected chi connectivity index (χ1v) is 8.48. The van der Waals surface area contributed by atoms with Crippen molar-refractivity contribution in [1.82, 2.24) is 5.32 Å². The second kappa shape index (κ2) is 8.11. The highest BCUT2D eigenvalue weighted by Crippen LogP contribution is 2.24. The number of aliphatic hydroxyl groups is 3. The van der Waals surface area contributed by atoms with Gasteiger partial charge in [-0.3, -0.25) is 4.79 Å². The molecule has 0 unspecified atom stereocenters. The van der Waals surface area contributed by atoms with Gasteiger partial charge in [-0.15, -0.1) is 0 Å². The van der Waals surface area contributed by atoms with Gasteiger partial charge in [0.2, 0.25) is 5.91 Å². The maximum Gasteiger partial charge on any atom is 0.217 e. The van der Waals surface area contributed by atoms with Crippen molar-refractivity contribution < 1.29 is 29.6 Å². The number of fused-ring (bicyclic) bond motifs is 1. The lowest BCUT2D eigenvalue weighted by molar-refractivity contribution is -0.273. The summed E-state index contributed by atoms with van der Waals surface area (Å²) in [6.07, 6.45) is -4.62. The fraction of sp³-hybridized carbons (Fsp3) is 0.421. The Morgan fingerprint density at radius 3 is 2.58 bits per heavy atom. The lowest BCUT2D eigenvalue weighted by Crippen LogP contribution is -2.64. The third-order valence-corrected chi connectivity index (χ3v) is 4.48. The van der Waals surface area contributed by atoms with Crippen molar-refractivity contribution >= 4 is 16.7 Å². The van der Waals surface area contributed by atoms with Gasteiger partial charge < -0.3 is 30.1 Å². The molecule has 7 nitrogen and oxygen atoms in total. The first-order chi connectivity index (χ1) is 12.5. The number of ether oxygens (including phenoxy) is 2. The van der Waals surface area contributed by atoms with Crippen LogP contribution in [0.1, 0.15) is 12.5 Å². The summed E-state index contributed by atoms with van der Waals surface area (Å²) < 4.78 is 11.3. The second-order valence-corrected chi connectivity index (χ2v) is 6.43. The average molecular weight is 361 g/mol. The zero-order chi connectivity index (χ0) is 18.7. The molecule has 7 heteroatoms. The number of hydrogen-bond acceptors (Lipinski definition) is 6. The predicted octanol–water partition coefficient (Wildman–Crippen LogP) is 0.300. The summed E-state index contributed by atoms with van der Waals surface area (Å²) in [6.45, 7) is 1.02. The van der Waals surface area contributed by atoms with Crippen LogP contribution in [0.15, 0.2) is 42.5 Å². The molecule has 1 aliphatic heterocycles. The normalized spacial score (nSPS) is 28.8. The van der Waals surface area contributed by atoms with E-state index in [1.165, 1.54) is 6.92 Å². The molecule has 4 N–H and O–H groups in total. The summed E-state index contributed by atoms with van der Waals surface area (Å²) >= 11 is 0. The summed E-state index contributed by atoms with van der Waals surface area (Å²) in [5, 5.41) is 34.3. The first kappa shape index (κ1) is 18.8. The number of carbonyl (C=O) groups excluding carboxylic acids is 1. The number of nitrogens with one attached hydrogen (secondary N) is 1. The van der Waals surface area contributed by atoms with Crippen molar-refractivity contribution in [2.24, 2.45) is 0 Å². The topological polar surface area (TPSA) is 108 Å². The van der Waals surface area contributed by atoms with Crippen molar-refractivity contribution in [3.05, 3.63) is 48.0 Å². The maximum atomic E-state index is 11.4. The minimum atomic E-state index is -1.32. The van der Waals surface area contributed by atoms with E-state index in [4.69, 9.17) is 9.47 Å². The Morgan fingerprint density at radius 2 is 1.88 bits per heavy atom. The molecular formula is C19H23NO6. The van der Waals surface area contributed by atoms with Gasteiger partial charge in [-0.2, -0.15) is 0 Å². The van der Waals surface area contributed by atoms with E-state index in [9.17, 15) is 20.1 Å². The molecule has 0 radical (unpaired) electrons. The van der Waals surface area contributed by atoms with Crippen LogP contribution in [0.5, 0.6) is 0 Å². The van der Waals surface area contributed by atoms with Crippen molar-refractivity contribution in [3.8, 4) is 0 Å². The highest BCUT2D eigenvalue weighted by Gasteiger charge is 2.45. The van der Waals surface area contributed by atoms with Gasteiger partial charge in [-0.1, -0.05) is 36.4 Å². The van der Waals surface area contributed by atoms with Crippen LogP contribution < -0.4 is 5.32 Å². The van der Waals surface area contributed by atoms with Crippen LogP contribution in [-0.2, 0) is 20.9 Å². The number of carbonyl (C=O) groups is 1. The molecule has 3 rings (SSSR count). The fourth-order valence-electron chi connectivity index (χ4n) is 3.12. The van der Waals surface area contributed by atoms with Crippen LogP contribution in [0.2, 0.25) is 0 Å². The molecule has 5 atom stereocenters. The highest BCUT2D eigenvalue weighted by atomic mass is 16.7. The second-order valence-electron chi connectivity index (χ2n) is 6.43. The molecule has 2 aromatic rings. The summed E-state index contributed by atoms with van der Waals surface area (Å²) in [6, 6.07) is 12.9. The van der Waals surface area contributed by atoms with E-state index in [-0.39, 0.29) is 12.5 Å². The van der Waals surface area contributed by atoms with E-state index in [0.717, 1.165) is 16.3 Å². The summed E-state index contributed by atoms with van der Waals surface area (Å²) in [5.41, 5.74) is 0.898. The van der Waals surface area contributed by atoms with Crippen LogP contribution in [-0.4, -0.2) is 58.5 Å². The molecule has 1 aliphatic rings. The SMILES string of the molecule is CC(=O)N[C@H]1[C@@H](OCc2ccc3ccccc3c2)O[C@@H](CO)[C@@H](O)[C@@H]1O. The Labute approximate surface area is 151 Å². The van der Waals surface area contributed by atoms with Crippen molar-refractivity contribution in [2.45, 2.75) is 44.2 Å². The monoisotopic (exact) mass is 361 g/mol. The maximum absolute atomic E-state index is 11.4. The van der Waals surface area contributed by atoms with Gasteiger partial charge in [0.1, 0.15) is 24.4 Å². The van der Waals surface area contributed by atoms with Crippen molar-refractivity contribution in [3.63, 3.8) is 0 Å². The molecule has 1 fully saturated rings. The third-order valence-electron chi connectivity index (χ3n) is 4.48. The van der Waals surface area contributed by atoms with Gasteiger partial charge in [-0.05, 0) is 22.4 Å². The van der Waals surface area contributed by atoms with Gasteiger partial charge in [-0.25, -0.2) is 0 Å². The Bertz CT molecular complexity index is 767. The molecule has 1 amide bonds. The van der Waals surface area contributed by atoms with Gasteiger partial charge in [0.15, 0.2) is 6.29 Å². The van der Waals surface area contributed by atoms with E-state index in [0.29, 0.717) is 0 Å². The Hall–Kier alpha value is -2.03. The van der Waals surface area contributed by atoms with Gasteiger partial charge in [0.05, 0.1) is 13.2 Å². The minimum Gasteiger partial charge on any atom is -0.394 e. The Morgan fingerprint density at radius 1 is 1.15 bits per heavy atom. The van der Waals surface area contributed by atoms with Gasteiger partial charge >= 0.3 is 0 Å². The highest BCUT2D eigenvalue weighted by molar-refractivity contribution is 5.82. The minimum absolute atomic E-state index is 0.187. The molecule has 0 bridgehead atoms. The van der Waals surface area contributed by atoms with E-state index in [1.807, 2.05) is 42.5 Å². The molecule has 0 aromatic heterocycles. The first-order valence-electron chi connectivity index (χ1n) is 8.48.